The number of carbonyl (C=O) groups excluding carboxylic acids is 2. The summed E-state index contributed by atoms with van der Waals surface area (Å²) < 4.78 is 10.6. The zero-order valence-electron chi connectivity index (χ0n) is 15.3. The molecule has 1 aliphatic heterocycles. The average Bonchev–Trinajstić information content (AvgIpc) is 2.57. The number of carbonyl (C=O) groups is 2. The third kappa shape index (κ3) is 4.69. The van der Waals surface area contributed by atoms with Crippen molar-refractivity contribution in [2.45, 2.75) is 26.1 Å². The van der Waals surface area contributed by atoms with Gasteiger partial charge in [-0.3, -0.25) is 14.9 Å². The molecule has 0 N–H and O–H groups in total. The molecule has 9 nitrogen and oxygen atoms in total. The predicted molar refractivity (Wildman–Crippen MR) is 94.3 cm³/mol. The Morgan fingerprint density at radius 1 is 1.31 bits per heavy atom. The largest absolute Gasteiger partial charge is 0.452 e. The number of esters is 1. The lowest BCUT2D eigenvalue weighted by Gasteiger charge is -2.35. The van der Waals surface area contributed by atoms with Gasteiger partial charge >= 0.3 is 5.97 Å². The van der Waals surface area contributed by atoms with Crippen LogP contribution < -0.4 is 4.90 Å². The molecule has 0 spiro atoms. The van der Waals surface area contributed by atoms with Gasteiger partial charge in [-0.1, -0.05) is 0 Å². The Labute approximate surface area is 151 Å². The van der Waals surface area contributed by atoms with Crippen LogP contribution in [0.1, 0.15) is 24.2 Å². The van der Waals surface area contributed by atoms with Gasteiger partial charge in [0.2, 0.25) is 0 Å². The summed E-state index contributed by atoms with van der Waals surface area (Å²) >= 11 is 0. The number of ether oxygens (including phenoxy) is 2. The fraction of sp³-hybridized carbons (Fsp3) is 0.529. The van der Waals surface area contributed by atoms with Gasteiger partial charge in [-0.15, -0.1) is 0 Å². The standard InChI is InChI=1S/C17H23N3O6/c1-11-8-19(9-12(2)26-11)16(21)10-25-17(22)13-5-6-14(18(3)4)15(7-13)20(23)24/h5-7,11-12H,8-10H2,1-4H3/t11-,12-/m0/s1. The molecular formula is C17H23N3O6. The van der Waals surface area contributed by atoms with E-state index in [-0.39, 0.29) is 29.4 Å². The monoisotopic (exact) mass is 365 g/mol. The number of benzene rings is 1. The van der Waals surface area contributed by atoms with Crippen molar-refractivity contribution >= 4 is 23.3 Å². The van der Waals surface area contributed by atoms with Crippen molar-refractivity contribution in [2.75, 3.05) is 38.7 Å². The van der Waals surface area contributed by atoms with Gasteiger partial charge in [-0.05, 0) is 26.0 Å². The first-order chi connectivity index (χ1) is 12.2. The summed E-state index contributed by atoms with van der Waals surface area (Å²) in [7, 11) is 3.34. The Morgan fingerprint density at radius 3 is 2.46 bits per heavy atom. The SMILES string of the molecule is C[C@H]1CN(C(=O)COC(=O)c2ccc(N(C)C)c([N+](=O)[O-])c2)C[C@H](C)O1. The summed E-state index contributed by atoms with van der Waals surface area (Å²) in [5.74, 6) is -1.10. The lowest BCUT2D eigenvalue weighted by atomic mass is 10.1. The number of morpholine rings is 1. The molecule has 0 saturated carbocycles. The van der Waals surface area contributed by atoms with Crippen LogP contribution in [0.4, 0.5) is 11.4 Å². The van der Waals surface area contributed by atoms with Crippen molar-refractivity contribution in [3.63, 3.8) is 0 Å². The minimum atomic E-state index is -0.777. The van der Waals surface area contributed by atoms with Crippen molar-refractivity contribution in [1.82, 2.24) is 4.90 Å². The zero-order valence-corrected chi connectivity index (χ0v) is 15.3. The number of hydrogen-bond acceptors (Lipinski definition) is 7. The second-order valence-corrected chi connectivity index (χ2v) is 6.49. The highest BCUT2D eigenvalue weighted by Crippen LogP contribution is 2.28. The Kier molecular flexibility index (Phi) is 6.14. The van der Waals surface area contributed by atoms with E-state index < -0.39 is 17.5 Å². The fourth-order valence-electron chi connectivity index (χ4n) is 2.86. The van der Waals surface area contributed by atoms with E-state index in [4.69, 9.17) is 9.47 Å². The quantitative estimate of drug-likeness (QED) is 0.442. The van der Waals surface area contributed by atoms with Gasteiger partial charge in [0.15, 0.2) is 6.61 Å². The summed E-state index contributed by atoms with van der Waals surface area (Å²) in [6, 6.07) is 4.07. The topological polar surface area (TPSA) is 102 Å². The van der Waals surface area contributed by atoms with Crippen LogP contribution in [0.25, 0.3) is 0 Å². The fourth-order valence-corrected chi connectivity index (χ4v) is 2.86. The van der Waals surface area contributed by atoms with Crippen LogP contribution in [-0.2, 0) is 14.3 Å². The summed E-state index contributed by atoms with van der Waals surface area (Å²) in [4.78, 5) is 38.2. The number of rotatable bonds is 5. The van der Waals surface area contributed by atoms with Crippen molar-refractivity contribution in [1.29, 1.82) is 0 Å². The molecule has 1 heterocycles. The summed E-state index contributed by atoms with van der Waals surface area (Å²) in [6.07, 6.45) is -0.167. The molecule has 1 aliphatic rings. The molecule has 0 bridgehead atoms. The van der Waals surface area contributed by atoms with E-state index in [0.29, 0.717) is 18.8 Å². The first kappa shape index (κ1) is 19.6. The molecule has 0 aromatic heterocycles. The molecule has 142 valence electrons. The van der Waals surface area contributed by atoms with Crippen LogP contribution in [0.2, 0.25) is 0 Å². The van der Waals surface area contributed by atoms with Crippen LogP contribution in [-0.4, -0.2) is 67.7 Å². The average molecular weight is 365 g/mol. The maximum absolute atomic E-state index is 12.2. The Balaban J connectivity index is 2.02. The highest BCUT2D eigenvalue weighted by atomic mass is 16.6. The summed E-state index contributed by atoms with van der Waals surface area (Å²) in [5, 5.41) is 11.2. The summed E-state index contributed by atoms with van der Waals surface area (Å²) in [6.45, 7) is 4.19. The third-order valence-electron chi connectivity index (χ3n) is 3.99. The number of nitro groups is 1. The first-order valence-corrected chi connectivity index (χ1v) is 8.25. The molecule has 1 saturated heterocycles. The van der Waals surface area contributed by atoms with E-state index in [2.05, 4.69) is 0 Å². The number of amides is 1. The molecule has 1 fully saturated rings. The van der Waals surface area contributed by atoms with E-state index in [1.165, 1.54) is 12.1 Å². The number of anilines is 1. The van der Waals surface area contributed by atoms with Gasteiger partial charge in [-0.25, -0.2) is 4.79 Å². The van der Waals surface area contributed by atoms with Crippen molar-refractivity contribution in [2.24, 2.45) is 0 Å². The van der Waals surface area contributed by atoms with Gasteiger partial charge in [0.05, 0.1) is 22.7 Å². The van der Waals surface area contributed by atoms with E-state index in [9.17, 15) is 19.7 Å². The smallest absolute Gasteiger partial charge is 0.338 e. The van der Waals surface area contributed by atoms with Crippen LogP contribution in [0, 0.1) is 10.1 Å². The minimum Gasteiger partial charge on any atom is -0.452 e. The number of nitro benzene ring substituents is 1. The lowest BCUT2D eigenvalue weighted by molar-refractivity contribution is -0.384. The van der Waals surface area contributed by atoms with Crippen LogP contribution in [0.5, 0.6) is 0 Å². The number of nitrogens with zero attached hydrogens (tertiary/aromatic N) is 3. The van der Waals surface area contributed by atoms with Crippen LogP contribution >= 0.6 is 0 Å². The van der Waals surface area contributed by atoms with Crippen molar-refractivity contribution in [3.8, 4) is 0 Å². The predicted octanol–water partition coefficient (Wildman–Crippen LogP) is 1.45. The highest BCUT2D eigenvalue weighted by Gasteiger charge is 2.27. The van der Waals surface area contributed by atoms with E-state index in [1.807, 2.05) is 13.8 Å². The number of hydrogen-bond donors (Lipinski definition) is 0. The minimum absolute atomic E-state index is 0.0267. The highest BCUT2D eigenvalue weighted by molar-refractivity contribution is 5.93. The molecule has 9 heteroatoms. The summed E-state index contributed by atoms with van der Waals surface area (Å²) in [5.41, 5.74) is 0.198. The molecule has 1 aromatic rings. The Morgan fingerprint density at radius 2 is 1.92 bits per heavy atom. The zero-order chi connectivity index (χ0) is 19.4. The van der Waals surface area contributed by atoms with Crippen molar-refractivity contribution in [3.05, 3.63) is 33.9 Å². The second-order valence-electron chi connectivity index (χ2n) is 6.49. The molecule has 1 aromatic carbocycles. The van der Waals surface area contributed by atoms with Crippen LogP contribution in [0.3, 0.4) is 0 Å². The van der Waals surface area contributed by atoms with Gasteiger partial charge in [0, 0.05) is 33.3 Å². The maximum atomic E-state index is 12.2. The van der Waals surface area contributed by atoms with Gasteiger partial charge in [0.1, 0.15) is 5.69 Å². The van der Waals surface area contributed by atoms with Crippen molar-refractivity contribution < 1.29 is 24.0 Å². The Bertz CT molecular complexity index is 696. The maximum Gasteiger partial charge on any atom is 0.338 e. The molecule has 26 heavy (non-hydrogen) atoms. The molecule has 1 amide bonds. The lowest BCUT2D eigenvalue weighted by Crippen LogP contribution is -2.49. The first-order valence-electron chi connectivity index (χ1n) is 8.25. The third-order valence-corrected chi connectivity index (χ3v) is 3.99. The van der Waals surface area contributed by atoms with E-state index in [0.717, 1.165) is 6.07 Å². The molecule has 2 rings (SSSR count). The van der Waals surface area contributed by atoms with Gasteiger partial charge in [-0.2, -0.15) is 0 Å². The van der Waals surface area contributed by atoms with Crippen LogP contribution in [0.15, 0.2) is 18.2 Å². The Hall–Kier alpha value is -2.68. The van der Waals surface area contributed by atoms with Gasteiger partial charge in [0.25, 0.3) is 11.6 Å². The normalized spacial score (nSPS) is 19.8. The molecule has 0 aliphatic carbocycles. The van der Waals surface area contributed by atoms with Gasteiger partial charge < -0.3 is 19.3 Å². The molecule has 0 unspecified atom stereocenters. The molecule has 2 atom stereocenters. The second kappa shape index (κ2) is 8.13. The van der Waals surface area contributed by atoms with E-state index in [1.54, 1.807) is 23.9 Å². The van der Waals surface area contributed by atoms with E-state index >= 15 is 0 Å². The molecular weight excluding hydrogens is 342 g/mol. The molecule has 0 radical (unpaired) electrons.